The number of aromatic hydroxyl groups is 1. The molecule has 0 aliphatic rings. The summed E-state index contributed by atoms with van der Waals surface area (Å²) in [7, 11) is 3.75. The number of nitrogens with zero attached hydrogens (tertiary/aromatic N) is 1. The maximum atomic E-state index is 9.68. The Morgan fingerprint density at radius 3 is 2.88 bits per heavy atom. The summed E-state index contributed by atoms with van der Waals surface area (Å²) in [5.41, 5.74) is 0.939. The lowest BCUT2D eigenvalue weighted by atomic mass is 10.2. The van der Waals surface area contributed by atoms with E-state index in [9.17, 15) is 5.11 Å². The zero-order chi connectivity index (χ0) is 12.0. The van der Waals surface area contributed by atoms with Gasteiger partial charge in [-0.1, -0.05) is 15.9 Å². The van der Waals surface area contributed by atoms with Gasteiger partial charge in [-0.25, -0.2) is 0 Å². The first-order valence-electron chi connectivity index (χ1n) is 5.28. The van der Waals surface area contributed by atoms with Crippen molar-refractivity contribution in [2.75, 3.05) is 27.3 Å². The fourth-order valence-corrected chi connectivity index (χ4v) is 1.94. The van der Waals surface area contributed by atoms with E-state index in [1.165, 1.54) is 0 Å². The van der Waals surface area contributed by atoms with Gasteiger partial charge in [0, 0.05) is 36.8 Å². The van der Waals surface area contributed by atoms with Crippen molar-refractivity contribution in [3.05, 3.63) is 28.2 Å². The number of benzene rings is 1. The smallest absolute Gasteiger partial charge is 0.120 e. The van der Waals surface area contributed by atoms with Crippen LogP contribution in [0.25, 0.3) is 0 Å². The van der Waals surface area contributed by atoms with Gasteiger partial charge in [-0.3, -0.25) is 0 Å². The van der Waals surface area contributed by atoms with Crippen LogP contribution in [0.15, 0.2) is 22.7 Å². The van der Waals surface area contributed by atoms with Crippen LogP contribution in [0.1, 0.15) is 12.0 Å². The molecule has 0 fully saturated rings. The standard InChI is InChI=1S/C12H18BrNO2/c1-14(6-3-7-16-2)9-10-8-11(13)4-5-12(10)15/h4-5,8,15H,3,6-7,9H2,1-2H3. The molecule has 0 saturated heterocycles. The molecule has 0 aliphatic heterocycles. The molecule has 0 spiro atoms. The molecule has 0 saturated carbocycles. The maximum absolute atomic E-state index is 9.68. The van der Waals surface area contributed by atoms with E-state index < -0.39 is 0 Å². The number of hydrogen-bond acceptors (Lipinski definition) is 3. The van der Waals surface area contributed by atoms with Crippen LogP contribution in [0.4, 0.5) is 0 Å². The van der Waals surface area contributed by atoms with Crippen molar-refractivity contribution < 1.29 is 9.84 Å². The van der Waals surface area contributed by atoms with Crippen molar-refractivity contribution in [3.8, 4) is 5.75 Å². The average molecular weight is 288 g/mol. The maximum Gasteiger partial charge on any atom is 0.120 e. The first-order chi connectivity index (χ1) is 7.63. The highest BCUT2D eigenvalue weighted by Gasteiger charge is 2.05. The second kappa shape index (κ2) is 6.89. The predicted octanol–water partition coefficient (Wildman–Crippen LogP) is 2.62. The number of phenolic OH excluding ortho intramolecular Hbond substituents is 1. The number of methoxy groups -OCH3 is 1. The van der Waals surface area contributed by atoms with E-state index in [4.69, 9.17) is 4.74 Å². The van der Waals surface area contributed by atoms with Crippen LogP contribution >= 0.6 is 15.9 Å². The van der Waals surface area contributed by atoms with Gasteiger partial charge in [-0.15, -0.1) is 0 Å². The zero-order valence-electron chi connectivity index (χ0n) is 9.74. The molecule has 0 aromatic heterocycles. The lowest BCUT2D eigenvalue weighted by Crippen LogP contribution is -2.20. The van der Waals surface area contributed by atoms with Gasteiger partial charge in [-0.05, 0) is 31.7 Å². The van der Waals surface area contributed by atoms with Gasteiger partial charge in [0.15, 0.2) is 0 Å². The second-order valence-electron chi connectivity index (χ2n) is 3.86. The van der Waals surface area contributed by atoms with Gasteiger partial charge in [0.05, 0.1) is 0 Å². The van der Waals surface area contributed by atoms with E-state index >= 15 is 0 Å². The predicted molar refractivity (Wildman–Crippen MR) is 68.6 cm³/mol. The number of phenols is 1. The summed E-state index contributed by atoms with van der Waals surface area (Å²) in [5.74, 6) is 0.349. The van der Waals surface area contributed by atoms with Gasteiger partial charge in [-0.2, -0.15) is 0 Å². The number of hydrogen-bond donors (Lipinski definition) is 1. The van der Waals surface area contributed by atoms with Crippen molar-refractivity contribution >= 4 is 15.9 Å². The second-order valence-corrected chi connectivity index (χ2v) is 4.77. The highest BCUT2D eigenvalue weighted by atomic mass is 79.9. The van der Waals surface area contributed by atoms with Crippen LogP contribution in [0.5, 0.6) is 5.75 Å². The van der Waals surface area contributed by atoms with E-state index in [1.54, 1.807) is 13.2 Å². The van der Waals surface area contributed by atoms with Gasteiger partial charge in [0.25, 0.3) is 0 Å². The molecular weight excluding hydrogens is 270 g/mol. The molecule has 0 radical (unpaired) electrons. The molecule has 3 nitrogen and oxygen atoms in total. The average Bonchev–Trinajstić information content (AvgIpc) is 2.24. The number of halogens is 1. The summed E-state index contributed by atoms with van der Waals surface area (Å²) in [6.07, 6.45) is 1.00. The summed E-state index contributed by atoms with van der Waals surface area (Å²) < 4.78 is 5.99. The van der Waals surface area contributed by atoms with Gasteiger partial charge >= 0.3 is 0 Å². The minimum absolute atomic E-state index is 0.349. The molecular formula is C12H18BrNO2. The Balaban J connectivity index is 2.48. The SMILES string of the molecule is COCCCN(C)Cc1cc(Br)ccc1O. The normalized spacial score (nSPS) is 11.0. The summed E-state index contributed by atoms with van der Waals surface area (Å²) >= 11 is 3.40. The number of rotatable bonds is 6. The van der Waals surface area contributed by atoms with E-state index in [2.05, 4.69) is 20.8 Å². The molecule has 90 valence electrons. The van der Waals surface area contributed by atoms with Crippen LogP contribution in [-0.2, 0) is 11.3 Å². The molecule has 4 heteroatoms. The first-order valence-corrected chi connectivity index (χ1v) is 6.07. The molecule has 0 atom stereocenters. The minimum atomic E-state index is 0.349. The topological polar surface area (TPSA) is 32.7 Å². The quantitative estimate of drug-likeness (QED) is 0.817. The van der Waals surface area contributed by atoms with Crippen molar-refractivity contribution in [3.63, 3.8) is 0 Å². The van der Waals surface area contributed by atoms with Gasteiger partial charge in [0.1, 0.15) is 5.75 Å². The molecule has 0 unspecified atom stereocenters. The molecule has 0 aliphatic carbocycles. The summed E-state index contributed by atoms with van der Waals surface area (Å²) in [5, 5.41) is 9.68. The fraction of sp³-hybridized carbons (Fsp3) is 0.500. The lowest BCUT2D eigenvalue weighted by molar-refractivity contribution is 0.178. The summed E-state index contributed by atoms with van der Waals surface area (Å²) in [6, 6.07) is 5.49. The monoisotopic (exact) mass is 287 g/mol. The Labute approximate surface area is 105 Å². The Bertz CT molecular complexity index is 331. The lowest BCUT2D eigenvalue weighted by Gasteiger charge is -2.17. The van der Waals surface area contributed by atoms with Gasteiger partial charge in [0.2, 0.25) is 0 Å². The molecule has 1 rings (SSSR count). The van der Waals surface area contributed by atoms with Crippen LogP contribution < -0.4 is 0 Å². The largest absolute Gasteiger partial charge is 0.508 e. The van der Waals surface area contributed by atoms with Crippen molar-refractivity contribution in [2.45, 2.75) is 13.0 Å². The summed E-state index contributed by atoms with van der Waals surface area (Å²) in [6.45, 7) is 2.48. The molecule has 1 aromatic rings. The summed E-state index contributed by atoms with van der Waals surface area (Å²) in [4.78, 5) is 2.17. The zero-order valence-corrected chi connectivity index (χ0v) is 11.3. The molecule has 0 amide bonds. The van der Waals surface area contributed by atoms with Crippen molar-refractivity contribution in [2.24, 2.45) is 0 Å². The number of ether oxygens (including phenoxy) is 1. The minimum Gasteiger partial charge on any atom is -0.508 e. The Morgan fingerprint density at radius 2 is 2.19 bits per heavy atom. The van der Waals surface area contributed by atoms with Crippen molar-refractivity contribution in [1.29, 1.82) is 0 Å². The van der Waals surface area contributed by atoms with Crippen LogP contribution in [0.3, 0.4) is 0 Å². The third-order valence-electron chi connectivity index (χ3n) is 2.37. The van der Waals surface area contributed by atoms with Crippen molar-refractivity contribution in [1.82, 2.24) is 4.90 Å². The van der Waals surface area contributed by atoms with E-state index in [0.717, 1.165) is 36.2 Å². The molecule has 0 bridgehead atoms. The Hall–Kier alpha value is -0.580. The van der Waals surface area contributed by atoms with E-state index in [0.29, 0.717) is 5.75 Å². The van der Waals surface area contributed by atoms with E-state index in [1.807, 2.05) is 19.2 Å². The van der Waals surface area contributed by atoms with Gasteiger partial charge < -0.3 is 14.7 Å². The highest BCUT2D eigenvalue weighted by molar-refractivity contribution is 9.10. The van der Waals surface area contributed by atoms with Crippen LogP contribution in [0, 0.1) is 0 Å². The first kappa shape index (κ1) is 13.5. The molecule has 1 aromatic carbocycles. The fourth-order valence-electron chi connectivity index (χ4n) is 1.53. The molecule has 16 heavy (non-hydrogen) atoms. The Morgan fingerprint density at radius 1 is 1.44 bits per heavy atom. The molecule has 1 N–H and O–H groups in total. The van der Waals surface area contributed by atoms with Crippen LogP contribution in [0.2, 0.25) is 0 Å². The Kier molecular flexibility index (Phi) is 5.80. The third kappa shape index (κ3) is 4.51. The van der Waals surface area contributed by atoms with E-state index in [-0.39, 0.29) is 0 Å². The molecule has 0 heterocycles. The highest BCUT2D eigenvalue weighted by Crippen LogP contribution is 2.22. The third-order valence-corrected chi connectivity index (χ3v) is 2.86. The van der Waals surface area contributed by atoms with Crippen LogP contribution in [-0.4, -0.2) is 37.3 Å².